The Balaban J connectivity index is 3.05. The lowest BCUT2D eigenvalue weighted by Crippen LogP contribution is -2.33. The zero-order valence-electron chi connectivity index (χ0n) is 7.54. The lowest BCUT2D eigenvalue weighted by Gasteiger charge is -2.18. The maximum atomic E-state index is 14.0. The van der Waals surface area contributed by atoms with E-state index in [0.29, 0.717) is 5.02 Å². The quantitative estimate of drug-likeness (QED) is 0.355. The molecule has 0 aliphatic carbocycles. The number of halogens is 5. The molecule has 1 aromatic rings. The van der Waals surface area contributed by atoms with Gasteiger partial charge in [-0.2, -0.15) is 4.39 Å². The van der Waals surface area contributed by atoms with Crippen LogP contribution < -0.4 is 4.11 Å². The summed E-state index contributed by atoms with van der Waals surface area (Å²) in [7, 11) is 0. The second kappa shape index (κ2) is 5.06. The number of hydrogen-bond acceptors (Lipinski definition) is 2. The van der Waals surface area contributed by atoms with Crippen molar-refractivity contribution in [2.24, 2.45) is 0 Å². The van der Waals surface area contributed by atoms with E-state index in [4.69, 9.17) is 34.8 Å². The SMILES string of the molecule is O=C[N+](F)(SC(F)(Cl)Cl)c1ccc(Cl)cc1. The number of rotatable bonds is 4. The van der Waals surface area contributed by atoms with Crippen LogP contribution in [0.5, 0.6) is 0 Å². The number of amides is 1. The third kappa shape index (κ3) is 3.75. The Morgan fingerprint density at radius 3 is 2.19 bits per heavy atom. The van der Waals surface area contributed by atoms with Gasteiger partial charge in [-0.3, -0.25) is 0 Å². The largest absolute Gasteiger partial charge is 0.361 e. The molecule has 1 unspecified atom stereocenters. The van der Waals surface area contributed by atoms with Gasteiger partial charge >= 0.3 is 10.3 Å². The molecule has 1 rings (SSSR count). The average Bonchev–Trinajstić information content (AvgIpc) is 2.16. The van der Waals surface area contributed by atoms with Gasteiger partial charge in [-0.15, -0.1) is 0 Å². The fraction of sp³-hybridized carbons (Fsp3) is 0.125. The topological polar surface area (TPSA) is 17.1 Å². The summed E-state index contributed by atoms with van der Waals surface area (Å²) in [5, 5.41) is 0.356. The normalized spacial score (nSPS) is 15.6. The van der Waals surface area contributed by atoms with E-state index in [2.05, 4.69) is 0 Å². The molecule has 88 valence electrons. The first-order valence-corrected chi connectivity index (χ1v) is 5.76. The average molecular weight is 308 g/mol. The zero-order chi connectivity index (χ0) is 12.4. The molecule has 0 N–H and O–H groups in total. The lowest BCUT2D eigenvalue weighted by atomic mass is 10.3. The van der Waals surface area contributed by atoms with Gasteiger partial charge in [0, 0.05) is 25.7 Å². The van der Waals surface area contributed by atoms with E-state index in [0.717, 1.165) is 0 Å². The number of nitrogens with zero attached hydrogens (tertiary/aromatic N) is 1. The fourth-order valence-corrected chi connectivity index (χ4v) is 2.23. The van der Waals surface area contributed by atoms with Crippen molar-refractivity contribution in [3.8, 4) is 0 Å². The van der Waals surface area contributed by atoms with Crippen LogP contribution >= 0.6 is 46.8 Å². The van der Waals surface area contributed by atoms with Gasteiger partial charge in [0.25, 0.3) is 0 Å². The third-order valence-corrected chi connectivity index (χ3v) is 2.99. The molecule has 0 bridgehead atoms. The molecule has 1 atom stereocenters. The molecular formula is C8H5Cl3F2NOS+. The van der Waals surface area contributed by atoms with E-state index in [1.54, 1.807) is 0 Å². The van der Waals surface area contributed by atoms with Crippen molar-refractivity contribution in [3.05, 3.63) is 29.3 Å². The summed E-state index contributed by atoms with van der Waals surface area (Å²) in [4.78, 5) is 10.6. The summed E-state index contributed by atoms with van der Waals surface area (Å²) < 4.78 is 22.0. The molecule has 0 radical (unpaired) electrons. The van der Waals surface area contributed by atoms with Gasteiger partial charge in [0.05, 0.1) is 0 Å². The summed E-state index contributed by atoms with van der Waals surface area (Å²) >= 11 is 15.4. The Morgan fingerprint density at radius 2 is 1.81 bits per heavy atom. The standard InChI is InChI=1S/C8H5Cl3F2NOS/c9-6-1-3-7(4-2-6)14(13,5-15)16-8(10,11)12/h1-5H/q+1. The number of benzene rings is 1. The smallest absolute Gasteiger partial charge is 0.228 e. The number of quaternary nitrogens is 1. The molecular weight excluding hydrogens is 303 g/mol. The first kappa shape index (κ1) is 14.0. The minimum absolute atomic E-state index is 0.132. The summed E-state index contributed by atoms with van der Waals surface area (Å²) in [6.45, 7) is 0. The van der Waals surface area contributed by atoms with Gasteiger partial charge < -0.3 is 0 Å². The van der Waals surface area contributed by atoms with Gasteiger partial charge in [-0.25, -0.2) is 4.79 Å². The van der Waals surface area contributed by atoms with Gasteiger partial charge in [-0.1, -0.05) is 11.6 Å². The van der Waals surface area contributed by atoms with Crippen LogP contribution in [0.3, 0.4) is 0 Å². The second-order valence-corrected chi connectivity index (χ2v) is 6.09. The number of hydrogen-bond donors (Lipinski definition) is 0. The van der Waals surface area contributed by atoms with Crippen LogP contribution in [0.1, 0.15) is 0 Å². The highest BCUT2D eigenvalue weighted by Crippen LogP contribution is 2.45. The number of alkyl halides is 3. The number of carbonyl (C=O) groups is 1. The van der Waals surface area contributed by atoms with Crippen molar-refractivity contribution in [1.82, 2.24) is 4.11 Å². The van der Waals surface area contributed by atoms with Crippen LogP contribution in [0.25, 0.3) is 0 Å². The maximum Gasteiger partial charge on any atom is 0.361 e. The molecule has 0 fully saturated rings. The summed E-state index contributed by atoms with van der Waals surface area (Å²) in [6.07, 6.45) is -0.132. The van der Waals surface area contributed by atoms with Crippen molar-refractivity contribution in [1.29, 1.82) is 0 Å². The van der Waals surface area contributed by atoms with Crippen molar-refractivity contribution in [3.63, 3.8) is 0 Å². The highest BCUT2D eigenvalue weighted by atomic mass is 35.5. The molecule has 0 heterocycles. The van der Waals surface area contributed by atoms with Crippen LogP contribution in [-0.2, 0) is 4.79 Å². The molecule has 0 saturated carbocycles. The van der Waals surface area contributed by atoms with E-state index in [-0.39, 0.29) is 24.0 Å². The molecule has 2 nitrogen and oxygen atoms in total. The van der Waals surface area contributed by atoms with Crippen LogP contribution in [0.4, 0.5) is 14.6 Å². The Hall–Kier alpha value is -0.0700. The molecule has 8 heteroatoms. The van der Waals surface area contributed by atoms with Gasteiger partial charge in [0.2, 0.25) is 11.9 Å². The molecule has 0 saturated heterocycles. The Kier molecular flexibility index (Phi) is 4.42. The van der Waals surface area contributed by atoms with E-state index >= 15 is 0 Å². The summed E-state index contributed by atoms with van der Waals surface area (Å²) in [5.41, 5.74) is -0.146. The van der Waals surface area contributed by atoms with Gasteiger partial charge in [-0.05, 0) is 35.3 Å². The predicted molar refractivity (Wildman–Crippen MR) is 63.6 cm³/mol. The molecule has 0 aliphatic heterocycles. The molecule has 1 aromatic carbocycles. The van der Waals surface area contributed by atoms with E-state index < -0.39 is 8.03 Å². The Morgan fingerprint density at radius 1 is 1.31 bits per heavy atom. The van der Waals surface area contributed by atoms with Crippen molar-refractivity contribution < 1.29 is 13.7 Å². The monoisotopic (exact) mass is 306 g/mol. The maximum absolute atomic E-state index is 14.0. The summed E-state index contributed by atoms with van der Waals surface area (Å²) in [6, 6.07) is 5.16. The van der Waals surface area contributed by atoms with Crippen LogP contribution in [0.15, 0.2) is 24.3 Å². The number of carbonyl (C=O) groups excluding carboxylic acids is 1. The summed E-state index contributed by atoms with van der Waals surface area (Å²) in [5.74, 6) is 0. The van der Waals surface area contributed by atoms with E-state index in [1.165, 1.54) is 24.3 Å². The van der Waals surface area contributed by atoms with Crippen molar-refractivity contribution in [2.75, 3.05) is 0 Å². The zero-order valence-corrected chi connectivity index (χ0v) is 10.6. The Bertz CT molecular complexity index is 384. The third-order valence-electron chi connectivity index (χ3n) is 1.55. The minimum atomic E-state index is -2.92. The molecule has 0 aromatic heterocycles. The fourth-order valence-electron chi connectivity index (χ4n) is 0.930. The predicted octanol–water partition coefficient (Wildman–Crippen LogP) is 4.39. The van der Waals surface area contributed by atoms with Crippen molar-refractivity contribution >= 4 is 58.8 Å². The van der Waals surface area contributed by atoms with Crippen molar-refractivity contribution in [2.45, 2.75) is 3.92 Å². The van der Waals surface area contributed by atoms with Crippen LogP contribution in [-0.4, -0.2) is 10.3 Å². The highest BCUT2D eigenvalue weighted by molar-refractivity contribution is 8.02. The van der Waals surface area contributed by atoms with E-state index in [9.17, 15) is 13.7 Å². The molecule has 0 aliphatic rings. The minimum Gasteiger partial charge on any atom is -0.228 e. The first-order chi connectivity index (χ1) is 7.27. The van der Waals surface area contributed by atoms with Gasteiger partial charge in [0.1, 0.15) is 0 Å². The van der Waals surface area contributed by atoms with E-state index in [1.807, 2.05) is 0 Å². The second-order valence-electron chi connectivity index (χ2n) is 2.70. The van der Waals surface area contributed by atoms with Crippen LogP contribution in [0.2, 0.25) is 5.02 Å². The Labute approximate surface area is 110 Å². The van der Waals surface area contributed by atoms with Gasteiger partial charge in [0.15, 0.2) is 5.69 Å². The molecule has 16 heavy (non-hydrogen) atoms. The lowest BCUT2D eigenvalue weighted by molar-refractivity contribution is -0.120. The van der Waals surface area contributed by atoms with Crippen LogP contribution in [0, 0.1) is 0 Å². The first-order valence-electron chi connectivity index (χ1n) is 3.85. The molecule has 1 amide bonds. The molecule has 0 spiro atoms. The highest BCUT2D eigenvalue weighted by Gasteiger charge is 2.46.